The third-order valence-electron chi connectivity index (χ3n) is 4.56. The first-order chi connectivity index (χ1) is 9.16. The van der Waals surface area contributed by atoms with Gasteiger partial charge < -0.3 is 0 Å². The van der Waals surface area contributed by atoms with Crippen LogP contribution in [0.5, 0.6) is 0 Å². The molecule has 110 valence electrons. The predicted molar refractivity (Wildman–Crippen MR) is 80.8 cm³/mol. The third-order valence-corrected chi connectivity index (χ3v) is 5.64. The minimum Gasteiger partial charge on any atom is -0.282 e. The van der Waals surface area contributed by atoms with Crippen LogP contribution in [0.25, 0.3) is 0 Å². The van der Waals surface area contributed by atoms with Crippen molar-refractivity contribution in [1.29, 1.82) is 0 Å². The Bertz CT molecular complexity index is 704. The van der Waals surface area contributed by atoms with Gasteiger partial charge in [0.25, 0.3) is 10.1 Å². The van der Waals surface area contributed by atoms with Gasteiger partial charge in [0.05, 0.1) is 5.69 Å². The molecular weight excluding hydrogens is 274 g/mol. The topological polar surface area (TPSA) is 66.7 Å². The van der Waals surface area contributed by atoms with E-state index in [0.717, 1.165) is 23.4 Å². The van der Waals surface area contributed by atoms with E-state index in [1.54, 1.807) is 13.0 Å². The molecular formula is C15H21NO3S. The molecule has 1 aromatic carbocycles. The number of aryl methyl sites for hydroxylation is 1. The normalized spacial score (nSPS) is 21.8. The summed E-state index contributed by atoms with van der Waals surface area (Å²) in [6, 6.07) is 1.80. The summed E-state index contributed by atoms with van der Waals surface area (Å²) in [5.74, 6) is 0. The molecule has 20 heavy (non-hydrogen) atoms. The summed E-state index contributed by atoms with van der Waals surface area (Å²) in [4.78, 5) is 4.67. The molecule has 0 saturated heterocycles. The monoisotopic (exact) mass is 295 g/mol. The van der Waals surface area contributed by atoms with E-state index in [4.69, 9.17) is 0 Å². The average Bonchev–Trinajstić information content (AvgIpc) is 2.60. The molecule has 1 unspecified atom stereocenters. The molecule has 1 N–H and O–H groups in total. The van der Waals surface area contributed by atoms with E-state index in [2.05, 4.69) is 18.8 Å². The second-order valence-electron chi connectivity index (χ2n) is 5.60. The van der Waals surface area contributed by atoms with Gasteiger partial charge in [-0.15, -0.1) is 0 Å². The van der Waals surface area contributed by atoms with Crippen molar-refractivity contribution in [2.24, 2.45) is 4.99 Å². The van der Waals surface area contributed by atoms with Crippen molar-refractivity contribution in [2.45, 2.75) is 57.8 Å². The van der Waals surface area contributed by atoms with Gasteiger partial charge in [0.2, 0.25) is 0 Å². The van der Waals surface area contributed by atoms with Crippen LogP contribution in [0.4, 0.5) is 5.69 Å². The lowest BCUT2D eigenvalue weighted by atomic mass is 9.75. The van der Waals surface area contributed by atoms with Gasteiger partial charge in [-0.3, -0.25) is 9.55 Å². The fourth-order valence-corrected chi connectivity index (χ4v) is 4.20. The van der Waals surface area contributed by atoms with E-state index >= 15 is 0 Å². The first-order valence-electron chi connectivity index (χ1n) is 6.87. The third kappa shape index (κ3) is 2.00. The van der Waals surface area contributed by atoms with Crippen LogP contribution < -0.4 is 0 Å². The van der Waals surface area contributed by atoms with Crippen molar-refractivity contribution in [2.75, 3.05) is 0 Å². The molecule has 1 aromatic rings. The van der Waals surface area contributed by atoms with Crippen LogP contribution in [0.2, 0.25) is 0 Å². The highest BCUT2D eigenvalue weighted by Gasteiger charge is 2.39. The zero-order chi connectivity index (χ0) is 15.3. The molecule has 4 nitrogen and oxygen atoms in total. The van der Waals surface area contributed by atoms with Crippen molar-refractivity contribution in [3.8, 4) is 0 Å². The molecule has 0 fully saturated rings. The lowest BCUT2D eigenvalue weighted by molar-refractivity contribution is 0.481. The van der Waals surface area contributed by atoms with E-state index < -0.39 is 10.1 Å². The maximum Gasteiger partial charge on any atom is 0.295 e. The molecule has 0 radical (unpaired) electrons. The quantitative estimate of drug-likeness (QED) is 0.867. The lowest BCUT2D eigenvalue weighted by Gasteiger charge is -2.27. The van der Waals surface area contributed by atoms with E-state index in [0.29, 0.717) is 17.5 Å². The zero-order valence-corrected chi connectivity index (χ0v) is 13.4. The van der Waals surface area contributed by atoms with E-state index in [-0.39, 0.29) is 10.3 Å². The number of rotatable bonds is 3. The number of hydrogen-bond acceptors (Lipinski definition) is 3. The Morgan fingerprint density at radius 2 is 1.90 bits per heavy atom. The van der Waals surface area contributed by atoms with Gasteiger partial charge in [-0.25, -0.2) is 0 Å². The Morgan fingerprint density at radius 3 is 2.35 bits per heavy atom. The van der Waals surface area contributed by atoms with Crippen LogP contribution in [-0.4, -0.2) is 18.7 Å². The number of hydrogen-bond donors (Lipinski definition) is 1. The summed E-state index contributed by atoms with van der Waals surface area (Å²) in [6.07, 6.45) is 1.38. The standard InChI is InChI=1S/C15H21NO3S/c1-6-11-8-12-13(9(3)14(11)20(17,18)19)15(5,7-2)10(4)16-12/h8H,6-7H2,1-5H3,(H,17,18,19). The van der Waals surface area contributed by atoms with Gasteiger partial charge in [0.1, 0.15) is 4.90 Å². The molecule has 1 heterocycles. The van der Waals surface area contributed by atoms with Gasteiger partial charge in [-0.2, -0.15) is 8.42 Å². The van der Waals surface area contributed by atoms with Gasteiger partial charge in [0.15, 0.2) is 0 Å². The van der Waals surface area contributed by atoms with Crippen molar-refractivity contribution in [3.05, 3.63) is 22.8 Å². The number of nitrogens with zero attached hydrogens (tertiary/aromatic N) is 1. The molecule has 0 bridgehead atoms. The van der Waals surface area contributed by atoms with Crippen molar-refractivity contribution >= 4 is 21.5 Å². The van der Waals surface area contributed by atoms with Crippen molar-refractivity contribution < 1.29 is 13.0 Å². The van der Waals surface area contributed by atoms with Gasteiger partial charge >= 0.3 is 0 Å². The average molecular weight is 295 g/mol. The Balaban J connectivity index is 2.89. The molecule has 0 amide bonds. The number of fused-ring (bicyclic) bond motifs is 1. The van der Waals surface area contributed by atoms with Crippen LogP contribution in [0.1, 0.15) is 50.8 Å². The van der Waals surface area contributed by atoms with Crippen LogP contribution in [-0.2, 0) is 22.0 Å². The lowest BCUT2D eigenvalue weighted by Crippen LogP contribution is -2.28. The fourth-order valence-electron chi connectivity index (χ4n) is 3.17. The Labute approximate surface area is 120 Å². The largest absolute Gasteiger partial charge is 0.295 e. The molecule has 0 aromatic heterocycles. The van der Waals surface area contributed by atoms with Crippen molar-refractivity contribution in [3.63, 3.8) is 0 Å². The minimum absolute atomic E-state index is 0.0586. The summed E-state index contributed by atoms with van der Waals surface area (Å²) in [5, 5.41) is 0. The summed E-state index contributed by atoms with van der Waals surface area (Å²) in [5.41, 5.74) is 3.77. The van der Waals surface area contributed by atoms with E-state index in [9.17, 15) is 13.0 Å². The van der Waals surface area contributed by atoms with Crippen LogP contribution >= 0.6 is 0 Å². The summed E-state index contributed by atoms with van der Waals surface area (Å²) >= 11 is 0. The van der Waals surface area contributed by atoms with Crippen LogP contribution in [0.15, 0.2) is 16.0 Å². The van der Waals surface area contributed by atoms with Crippen molar-refractivity contribution in [1.82, 2.24) is 0 Å². The van der Waals surface area contributed by atoms with Crippen LogP contribution in [0, 0.1) is 6.92 Å². The highest BCUT2D eigenvalue weighted by molar-refractivity contribution is 7.86. The molecule has 0 spiro atoms. The van der Waals surface area contributed by atoms with E-state index in [1.807, 2.05) is 13.8 Å². The first-order valence-corrected chi connectivity index (χ1v) is 8.31. The van der Waals surface area contributed by atoms with Crippen LogP contribution in [0.3, 0.4) is 0 Å². The minimum atomic E-state index is -4.22. The molecule has 0 aliphatic carbocycles. The van der Waals surface area contributed by atoms with Gasteiger partial charge in [-0.1, -0.05) is 20.8 Å². The first kappa shape index (κ1) is 15.2. The Kier molecular flexibility index (Phi) is 3.55. The van der Waals surface area contributed by atoms with Gasteiger partial charge in [-0.05, 0) is 49.4 Å². The summed E-state index contributed by atoms with van der Waals surface area (Å²) in [7, 11) is -4.22. The molecule has 1 atom stereocenters. The zero-order valence-electron chi connectivity index (χ0n) is 12.6. The Morgan fingerprint density at radius 1 is 1.30 bits per heavy atom. The predicted octanol–water partition coefficient (Wildman–Crippen LogP) is 3.58. The summed E-state index contributed by atoms with van der Waals surface area (Å²) < 4.78 is 33.0. The highest BCUT2D eigenvalue weighted by Crippen LogP contribution is 2.46. The molecule has 5 heteroatoms. The molecule has 1 aliphatic heterocycles. The highest BCUT2D eigenvalue weighted by atomic mass is 32.2. The molecule has 2 rings (SSSR count). The smallest absolute Gasteiger partial charge is 0.282 e. The number of aliphatic imine (C=N–C) groups is 1. The summed E-state index contributed by atoms with van der Waals surface area (Å²) in [6.45, 7) is 9.75. The Hall–Kier alpha value is -1.20. The molecule has 1 aliphatic rings. The van der Waals surface area contributed by atoms with Gasteiger partial charge in [0, 0.05) is 11.1 Å². The number of benzene rings is 1. The maximum absolute atomic E-state index is 11.7. The van der Waals surface area contributed by atoms with E-state index in [1.165, 1.54) is 0 Å². The second kappa shape index (κ2) is 4.67. The molecule has 0 saturated carbocycles. The SMILES string of the molecule is CCc1cc2c(c(C)c1S(=O)(=O)O)C(C)(CC)C(C)=N2. The fraction of sp³-hybridized carbons (Fsp3) is 0.533. The maximum atomic E-state index is 11.7. The second-order valence-corrected chi connectivity index (χ2v) is 6.95.